The molecule has 2 fully saturated rings. The molecule has 3 amide bonds. The summed E-state index contributed by atoms with van der Waals surface area (Å²) in [5, 5.41) is 3.97. The van der Waals surface area contributed by atoms with E-state index in [-0.39, 0.29) is 30.3 Å². The number of hydrogen-bond acceptors (Lipinski definition) is 5. The summed E-state index contributed by atoms with van der Waals surface area (Å²) in [6.45, 7) is 0.277. The second-order valence-electron chi connectivity index (χ2n) is 6.50. The summed E-state index contributed by atoms with van der Waals surface area (Å²) >= 11 is 0. The van der Waals surface area contributed by atoms with Gasteiger partial charge >= 0.3 is 12.0 Å². The second kappa shape index (κ2) is 6.49. The number of nitrogens with zero attached hydrogens (tertiary/aromatic N) is 4. The highest BCUT2D eigenvalue weighted by Gasteiger charge is 2.49. The first-order valence-electron chi connectivity index (χ1n) is 8.53. The van der Waals surface area contributed by atoms with Gasteiger partial charge in [0.15, 0.2) is 5.82 Å². The van der Waals surface area contributed by atoms with Gasteiger partial charge in [0.05, 0.1) is 18.7 Å². The first kappa shape index (κ1) is 17.2. The van der Waals surface area contributed by atoms with Crippen molar-refractivity contribution in [3.05, 3.63) is 42.5 Å². The number of urea groups is 1. The minimum absolute atomic E-state index is 0.155. The van der Waals surface area contributed by atoms with E-state index in [0.29, 0.717) is 6.42 Å². The maximum Gasteiger partial charge on any atom is 0.332 e. The summed E-state index contributed by atoms with van der Waals surface area (Å²) in [5.74, 6) is -1.87. The summed E-state index contributed by atoms with van der Waals surface area (Å²) in [5.41, 5.74) is 0.369. The Balaban J connectivity index is 1.61. The third-order valence-corrected chi connectivity index (χ3v) is 5.02. The van der Waals surface area contributed by atoms with Crippen LogP contribution >= 0.6 is 0 Å². The van der Waals surface area contributed by atoms with Crippen LogP contribution in [-0.2, 0) is 14.3 Å². The highest BCUT2D eigenvalue weighted by atomic mass is 19.1. The Bertz CT molecular complexity index is 914. The molecule has 0 bridgehead atoms. The van der Waals surface area contributed by atoms with Crippen molar-refractivity contribution < 1.29 is 23.5 Å². The fourth-order valence-corrected chi connectivity index (χ4v) is 3.65. The van der Waals surface area contributed by atoms with Crippen LogP contribution in [0.1, 0.15) is 12.8 Å². The topological polar surface area (TPSA) is 84.7 Å². The lowest BCUT2D eigenvalue weighted by atomic mass is 9.91. The Hall–Kier alpha value is -3.23. The summed E-state index contributed by atoms with van der Waals surface area (Å²) in [6.07, 6.45) is 3.76. The molecule has 0 aliphatic carbocycles. The molecule has 0 N–H and O–H groups in total. The maximum atomic E-state index is 14.5. The standard InChI is InChI=1S/C18H17FN4O4/c1-27-17(25)11-5-8-21-15(9-11)16(24)23(18(21)26)12-3-4-14(13(19)10-12)22-7-2-6-20-22/h2-4,6-7,10-11,15H,5,8-9H2,1H3. The third kappa shape index (κ3) is 2.75. The zero-order valence-corrected chi connectivity index (χ0v) is 14.5. The lowest BCUT2D eigenvalue weighted by molar-refractivity contribution is -0.147. The van der Waals surface area contributed by atoms with Gasteiger partial charge in [0.1, 0.15) is 11.7 Å². The van der Waals surface area contributed by atoms with Gasteiger partial charge in [-0.2, -0.15) is 5.10 Å². The summed E-state index contributed by atoms with van der Waals surface area (Å²) < 4.78 is 20.6. The van der Waals surface area contributed by atoms with E-state index in [4.69, 9.17) is 4.74 Å². The smallest absolute Gasteiger partial charge is 0.332 e. The van der Waals surface area contributed by atoms with Crippen LogP contribution in [0.25, 0.3) is 5.69 Å². The molecule has 2 aliphatic rings. The molecule has 8 nitrogen and oxygen atoms in total. The quantitative estimate of drug-likeness (QED) is 0.605. The van der Waals surface area contributed by atoms with E-state index in [1.54, 1.807) is 12.3 Å². The first-order valence-corrected chi connectivity index (χ1v) is 8.53. The van der Waals surface area contributed by atoms with Gasteiger partial charge < -0.3 is 9.64 Å². The van der Waals surface area contributed by atoms with Gasteiger partial charge in [0.25, 0.3) is 5.91 Å². The number of benzene rings is 1. The van der Waals surface area contributed by atoms with Gasteiger partial charge in [-0.25, -0.2) is 18.8 Å². The maximum absolute atomic E-state index is 14.5. The second-order valence-corrected chi connectivity index (χ2v) is 6.50. The van der Waals surface area contributed by atoms with Crippen LogP contribution in [-0.4, -0.2) is 52.3 Å². The Morgan fingerprint density at radius 3 is 2.81 bits per heavy atom. The number of ether oxygens (including phenoxy) is 1. The number of imide groups is 1. The van der Waals surface area contributed by atoms with Crippen molar-refractivity contribution in [2.75, 3.05) is 18.6 Å². The molecule has 0 saturated carbocycles. The molecule has 2 atom stereocenters. The third-order valence-electron chi connectivity index (χ3n) is 5.02. The normalized spacial score (nSPS) is 22.1. The van der Waals surface area contributed by atoms with Gasteiger partial charge in [0, 0.05) is 25.0 Å². The van der Waals surface area contributed by atoms with E-state index in [0.717, 1.165) is 11.0 Å². The number of anilines is 1. The van der Waals surface area contributed by atoms with Crippen LogP contribution in [0.3, 0.4) is 0 Å². The molecule has 1 aromatic carbocycles. The molecule has 2 aliphatic heterocycles. The number of rotatable bonds is 3. The fourth-order valence-electron chi connectivity index (χ4n) is 3.65. The number of amides is 3. The molecule has 2 unspecified atom stereocenters. The average molecular weight is 372 g/mol. The summed E-state index contributed by atoms with van der Waals surface area (Å²) in [4.78, 5) is 39.7. The highest BCUT2D eigenvalue weighted by molar-refractivity contribution is 6.21. The highest BCUT2D eigenvalue weighted by Crippen LogP contribution is 2.34. The molecule has 0 spiro atoms. The lowest BCUT2D eigenvalue weighted by Gasteiger charge is -2.30. The number of carbonyl (C=O) groups excluding carboxylic acids is 3. The molecule has 9 heteroatoms. The Morgan fingerprint density at radius 1 is 1.33 bits per heavy atom. The monoisotopic (exact) mass is 372 g/mol. The summed E-state index contributed by atoms with van der Waals surface area (Å²) in [6, 6.07) is 4.54. The molecule has 4 rings (SSSR count). The van der Waals surface area contributed by atoms with E-state index < -0.39 is 29.7 Å². The van der Waals surface area contributed by atoms with Crippen LogP contribution < -0.4 is 4.90 Å². The SMILES string of the molecule is COC(=O)C1CCN2C(=O)N(c3ccc(-n4cccn4)c(F)c3)C(=O)C2C1. The average Bonchev–Trinajstić information content (AvgIpc) is 3.28. The predicted octanol–water partition coefficient (Wildman–Crippen LogP) is 1.73. The Morgan fingerprint density at radius 2 is 2.15 bits per heavy atom. The molecule has 2 aromatic rings. The van der Waals surface area contributed by atoms with Gasteiger partial charge in [0.2, 0.25) is 0 Å². The molecule has 27 heavy (non-hydrogen) atoms. The molecule has 2 saturated heterocycles. The number of piperidine rings is 1. The van der Waals surface area contributed by atoms with Gasteiger partial charge in [-0.05, 0) is 31.0 Å². The van der Waals surface area contributed by atoms with Crippen molar-refractivity contribution in [1.29, 1.82) is 0 Å². The van der Waals surface area contributed by atoms with E-state index in [9.17, 15) is 18.8 Å². The minimum atomic E-state index is -0.732. The molecule has 140 valence electrons. The fraction of sp³-hybridized carbons (Fsp3) is 0.333. The van der Waals surface area contributed by atoms with E-state index >= 15 is 0 Å². The van der Waals surface area contributed by atoms with Crippen molar-refractivity contribution in [3.63, 3.8) is 0 Å². The van der Waals surface area contributed by atoms with Crippen LogP contribution in [0.15, 0.2) is 36.7 Å². The van der Waals surface area contributed by atoms with Crippen molar-refractivity contribution >= 4 is 23.6 Å². The summed E-state index contributed by atoms with van der Waals surface area (Å²) in [7, 11) is 1.30. The zero-order chi connectivity index (χ0) is 19.1. The van der Waals surface area contributed by atoms with Crippen LogP contribution in [0.5, 0.6) is 0 Å². The van der Waals surface area contributed by atoms with Gasteiger partial charge in [-0.15, -0.1) is 0 Å². The van der Waals surface area contributed by atoms with Gasteiger partial charge in [-0.1, -0.05) is 0 Å². The van der Waals surface area contributed by atoms with Crippen LogP contribution in [0.2, 0.25) is 0 Å². The van der Waals surface area contributed by atoms with E-state index in [2.05, 4.69) is 5.10 Å². The van der Waals surface area contributed by atoms with Crippen molar-refractivity contribution in [2.24, 2.45) is 5.92 Å². The van der Waals surface area contributed by atoms with Crippen LogP contribution in [0.4, 0.5) is 14.9 Å². The van der Waals surface area contributed by atoms with Gasteiger partial charge in [-0.3, -0.25) is 9.59 Å². The molecule has 0 radical (unpaired) electrons. The van der Waals surface area contributed by atoms with E-state index in [1.807, 2.05) is 0 Å². The lowest BCUT2D eigenvalue weighted by Crippen LogP contribution is -2.44. The van der Waals surface area contributed by atoms with Crippen molar-refractivity contribution in [1.82, 2.24) is 14.7 Å². The Labute approximate surface area is 154 Å². The van der Waals surface area contributed by atoms with Crippen molar-refractivity contribution in [3.8, 4) is 5.69 Å². The number of aromatic nitrogens is 2. The molecule has 3 heterocycles. The largest absolute Gasteiger partial charge is 0.469 e. The minimum Gasteiger partial charge on any atom is -0.469 e. The molecule has 1 aromatic heterocycles. The first-order chi connectivity index (χ1) is 13.0. The molecular weight excluding hydrogens is 355 g/mol. The number of esters is 1. The van der Waals surface area contributed by atoms with E-state index in [1.165, 1.54) is 35.0 Å². The molecular formula is C18H17FN4O4. The number of methoxy groups -OCH3 is 1. The number of carbonyl (C=O) groups is 3. The number of hydrogen-bond donors (Lipinski definition) is 0. The van der Waals surface area contributed by atoms with Crippen molar-refractivity contribution in [2.45, 2.75) is 18.9 Å². The Kier molecular flexibility index (Phi) is 4.14. The number of halogens is 1. The number of fused-ring (bicyclic) bond motifs is 1. The predicted molar refractivity (Wildman–Crippen MR) is 91.6 cm³/mol. The van der Waals surface area contributed by atoms with Crippen LogP contribution in [0, 0.1) is 11.7 Å². The zero-order valence-electron chi connectivity index (χ0n) is 14.5.